The Morgan fingerprint density at radius 3 is 2.59 bits per heavy atom. The molecule has 2 rings (SSSR count). The molecule has 2 aromatic rings. The molecule has 0 amide bonds. The van der Waals surface area contributed by atoms with Gasteiger partial charge in [0.1, 0.15) is 5.82 Å². The average Bonchev–Trinajstić information content (AvgIpc) is 2.32. The molecule has 0 N–H and O–H groups in total. The van der Waals surface area contributed by atoms with E-state index in [0.29, 0.717) is 28.0 Å². The minimum atomic E-state index is -0.360. The number of rotatable bonds is 2. The van der Waals surface area contributed by atoms with E-state index in [1.54, 1.807) is 30.3 Å². The third kappa shape index (κ3) is 2.37. The van der Waals surface area contributed by atoms with E-state index in [4.69, 9.17) is 11.6 Å². The van der Waals surface area contributed by atoms with Gasteiger partial charge in [-0.15, -0.1) is 0 Å². The smallest absolute Gasteiger partial charge is 0.150 e. The monoisotopic (exact) mass is 248 g/mol. The summed E-state index contributed by atoms with van der Waals surface area (Å²) in [6, 6.07) is 9.58. The van der Waals surface area contributed by atoms with Gasteiger partial charge in [-0.3, -0.25) is 4.79 Å². The van der Waals surface area contributed by atoms with Gasteiger partial charge in [0.2, 0.25) is 0 Å². The fourth-order valence-electron chi connectivity index (χ4n) is 1.71. The highest BCUT2D eigenvalue weighted by Crippen LogP contribution is 2.29. The highest BCUT2D eigenvalue weighted by Gasteiger charge is 2.10. The maximum atomic E-state index is 13.7. The lowest BCUT2D eigenvalue weighted by Crippen LogP contribution is -1.91. The second-order valence-electron chi connectivity index (χ2n) is 3.83. The number of hydrogen-bond donors (Lipinski definition) is 0. The molecule has 3 heteroatoms. The summed E-state index contributed by atoms with van der Waals surface area (Å²) in [7, 11) is 0. The van der Waals surface area contributed by atoms with Gasteiger partial charge in [0.05, 0.1) is 0 Å². The van der Waals surface area contributed by atoms with Crippen molar-refractivity contribution in [3.8, 4) is 11.1 Å². The molecule has 0 fully saturated rings. The molecular weight excluding hydrogens is 239 g/mol. The van der Waals surface area contributed by atoms with E-state index in [1.807, 2.05) is 6.92 Å². The molecule has 0 saturated carbocycles. The van der Waals surface area contributed by atoms with Crippen molar-refractivity contribution in [3.63, 3.8) is 0 Å². The average molecular weight is 249 g/mol. The van der Waals surface area contributed by atoms with Crippen LogP contribution in [0.1, 0.15) is 15.9 Å². The van der Waals surface area contributed by atoms with E-state index in [-0.39, 0.29) is 5.82 Å². The quantitative estimate of drug-likeness (QED) is 0.726. The first-order valence-corrected chi connectivity index (χ1v) is 5.51. The van der Waals surface area contributed by atoms with Crippen LogP contribution in [0.5, 0.6) is 0 Å². The van der Waals surface area contributed by atoms with Crippen LogP contribution in [0.25, 0.3) is 11.1 Å². The van der Waals surface area contributed by atoms with Gasteiger partial charge in [0.25, 0.3) is 0 Å². The van der Waals surface area contributed by atoms with Crippen LogP contribution in [0.3, 0.4) is 0 Å². The number of halogens is 2. The number of aryl methyl sites for hydroxylation is 1. The SMILES string of the molecule is Cc1ccc(F)c(-c2cc(Cl)ccc2C=O)c1. The van der Waals surface area contributed by atoms with E-state index in [2.05, 4.69) is 0 Å². The zero-order valence-corrected chi connectivity index (χ0v) is 9.96. The van der Waals surface area contributed by atoms with Gasteiger partial charge in [0.15, 0.2) is 6.29 Å². The summed E-state index contributed by atoms with van der Waals surface area (Å²) in [4.78, 5) is 10.9. The predicted octanol–water partition coefficient (Wildman–Crippen LogP) is 4.27. The Morgan fingerprint density at radius 1 is 1.12 bits per heavy atom. The number of benzene rings is 2. The van der Waals surface area contributed by atoms with E-state index in [1.165, 1.54) is 6.07 Å². The van der Waals surface area contributed by atoms with Crippen LogP contribution in [0.15, 0.2) is 36.4 Å². The van der Waals surface area contributed by atoms with E-state index in [0.717, 1.165) is 5.56 Å². The molecule has 0 saturated heterocycles. The zero-order chi connectivity index (χ0) is 12.4. The number of aldehydes is 1. The minimum Gasteiger partial charge on any atom is -0.298 e. The van der Waals surface area contributed by atoms with Gasteiger partial charge in [-0.1, -0.05) is 23.2 Å². The predicted molar refractivity (Wildman–Crippen MR) is 67.0 cm³/mol. The first-order valence-electron chi connectivity index (χ1n) is 5.13. The van der Waals surface area contributed by atoms with Crippen LogP contribution in [0.4, 0.5) is 4.39 Å². The van der Waals surface area contributed by atoms with Crippen molar-refractivity contribution >= 4 is 17.9 Å². The lowest BCUT2D eigenvalue weighted by Gasteiger charge is -2.08. The Hall–Kier alpha value is -1.67. The zero-order valence-electron chi connectivity index (χ0n) is 9.21. The Labute approximate surface area is 104 Å². The Kier molecular flexibility index (Phi) is 3.25. The third-order valence-corrected chi connectivity index (χ3v) is 2.79. The van der Waals surface area contributed by atoms with Crippen LogP contribution in [0.2, 0.25) is 5.02 Å². The summed E-state index contributed by atoms with van der Waals surface area (Å²) < 4.78 is 13.7. The molecule has 0 bridgehead atoms. The highest BCUT2D eigenvalue weighted by molar-refractivity contribution is 6.31. The molecule has 0 radical (unpaired) electrons. The van der Waals surface area contributed by atoms with Gasteiger partial charge in [-0.2, -0.15) is 0 Å². The molecule has 17 heavy (non-hydrogen) atoms. The van der Waals surface area contributed by atoms with Crippen molar-refractivity contribution in [2.75, 3.05) is 0 Å². The summed E-state index contributed by atoms with van der Waals surface area (Å²) in [5, 5.41) is 0.478. The second kappa shape index (κ2) is 4.68. The van der Waals surface area contributed by atoms with Crippen molar-refractivity contribution in [1.82, 2.24) is 0 Å². The van der Waals surface area contributed by atoms with E-state index >= 15 is 0 Å². The molecule has 2 aromatic carbocycles. The van der Waals surface area contributed by atoms with Crippen LogP contribution in [-0.4, -0.2) is 6.29 Å². The fraction of sp³-hybridized carbons (Fsp3) is 0.0714. The van der Waals surface area contributed by atoms with Crippen molar-refractivity contribution in [1.29, 1.82) is 0 Å². The molecule has 0 aromatic heterocycles. The third-order valence-electron chi connectivity index (χ3n) is 2.55. The first-order chi connectivity index (χ1) is 8.11. The van der Waals surface area contributed by atoms with E-state index in [9.17, 15) is 9.18 Å². The highest BCUT2D eigenvalue weighted by atomic mass is 35.5. The maximum Gasteiger partial charge on any atom is 0.150 e. The van der Waals surface area contributed by atoms with Crippen molar-refractivity contribution in [3.05, 3.63) is 58.4 Å². The molecular formula is C14H10ClFO. The lowest BCUT2D eigenvalue weighted by molar-refractivity contribution is 0.112. The largest absolute Gasteiger partial charge is 0.298 e. The lowest BCUT2D eigenvalue weighted by atomic mass is 9.98. The van der Waals surface area contributed by atoms with Crippen molar-refractivity contribution < 1.29 is 9.18 Å². The number of carbonyl (C=O) groups is 1. The van der Waals surface area contributed by atoms with Gasteiger partial charge < -0.3 is 0 Å². The molecule has 86 valence electrons. The molecule has 0 atom stereocenters. The van der Waals surface area contributed by atoms with Crippen molar-refractivity contribution in [2.24, 2.45) is 0 Å². The second-order valence-corrected chi connectivity index (χ2v) is 4.27. The Balaban J connectivity index is 2.70. The van der Waals surface area contributed by atoms with Crippen LogP contribution in [0, 0.1) is 12.7 Å². The topological polar surface area (TPSA) is 17.1 Å². The summed E-state index contributed by atoms with van der Waals surface area (Å²) in [6.45, 7) is 1.87. The fourth-order valence-corrected chi connectivity index (χ4v) is 1.88. The maximum absolute atomic E-state index is 13.7. The van der Waals surface area contributed by atoms with Crippen LogP contribution in [-0.2, 0) is 0 Å². The first kappa shape index (κ1) is 11.8. The Bertz CT molecular complexity index is 578. The molecule has 0 aliphatic rings. The Morgan fingerprint density at radius 2 is 1.88 bits per heavy atom. The van der Waals surface area contributed by atoms with Crippen molar-refractivity contribution in [2.45, 2.75) is 6.92 Å². The molecule has 0 aliphatic heterocycles. The molecule has 0 unspecified atom stereocenters. The van der Waals surface area contributed by atoms with Crippen LogP contribution < -0.4 is 0 Å². The van der Waals surface area contributed by atoms with Crippen LogP contribution >= 0.6 is 11.6 Å². The molecule has 0 spiro atoms. The van der Waals surface area contributed by atoms with E-state index < -0.39 is 0 Å². The number of hydrogen-bond acceptors (Lipinski definition) is 1. The molecule has 0 heterocycles. The summed E-state index contributed by atoms with van der Waals surface area (Å²) in [5.74, 6) is -0.360. The van der Waals surface area contributed by atoms with Gasteiger partial charge in [-0.25, -0.2) is 4.39 Å². The normalized spacial score (nSPS) is 10.3. The number of carbonyl (C=O) groups excluding carboxylic acids is 1. The summed E-state index contributed by atoms with van der Waals surface area (Å²) in [5.41, 5.74) is 2.28. The summed E-state index contributed by atoms with van der Waals surface area (Å²) >= 11 is 5.88. The van der Waals surface area contributed by atoms with Gasteiger partial charge >= 0.3 is 0 Å². The molecule has 1 nitrogen and oxygen atoms in total. The summed E-state index contributed by atoms with van der Waals surface area (Å²) in [6.07, 6.45) is 0.702. The molecule has 0 aliphatic carbocycles. The standard InChI is InChI=1S/C14H10ClFO/c1-9-2-5-14(16)13(6-9)12-7-11(15)4-3-10(12)8-17/h2-8H,1H3. The van der Waals surface area contributed by atoms with Gasteiger partial charge in [-0.05, 0) is 42.8 Å². The minimum absolute atomic E-state index is 0.360. The van der Waals surface area contributed by atoms with Gasteiger partial charge in [0, 0.05) is 16.1 Å².